The van der Waals surface area contributed by atoms with Crippen LogP contribution in [-0.2, 0) is 13.5 Å². The van der Waals surface area contributed by atoms with Crippen molar-refractivity contribution >= 4 is 22.4 Å². The minimum absolute atomic E-state index is 0.250. The van der Waals surface area contributed by atoms with E-state index in [4.69, 9.17) is 0 Å². The highest BCUT2D eigenvalue weighted by Gasteiger charge is 2.11. The standard InChI is InChI=1S/C15H13FN4OS/c1-20-9-11(7-18-20)14(21)19-15-17-8-13(22-15)6-10-3-2-4-12(16)5-10/h2-5,7-9H,6H2,1H3,(H,17,19,21). The molecule has 112 valence electrons. The molecule has 0 saturated heterocycles. The summed E-state index contributed by atoms with van der Waals surface area (Å²) in [6, 6.07) is 6.44. The molecule has 0 unspecified atom stereocenters. The summed E-state index contributed by atoms with van der Waals surface area (Å²) in [5, 5.41) is 7.20. The molecule has 3 rings (SSSR count). The SMILES string of the molecule is Cn1cc(C(=O)Nc2ncc(Cc3cccc(F)c3)s2)cn1. The van der Waals surface area contributed by atoms with Crippen molar-refractivity contribution in [3.63, 3.8) is 0 Å². The average molecular weight is 316 g/mol. The summed E-state index contributed by atoms with van der Waals surface area (Å²) >= 11 is 1.37. The van der Waals surface area contributed by atoms with Crippen molar-refractivity contribution < 1.29 is 9.18 Å². The van der Waals surface area contributed by atoms with Gasteiger partial charge in [-0.15, -0.1) is 11.3 Å². The Morgan fingerprint density at radius 1 is 1.41 bits per heavy atom. The van der Waals surface area contributed by atoms with Crippen LogP contribution >= 0.6 is 11.3 Å². The van der Waals surface area contributed by atoms with Crippen LogP contribution in [0.15, 0.2) is 42.9 Å². The number of hydrogen-bond donors (Lipinski definition) is 1. The van der Waals surface area contributed by atoms with Gasteiger partial charge in [0.2, 0.25) is 0 Å². The largest absolute Gasteiger partial charge is 0.298 e. The fraction of sp³-hybridized carbons (Fsp3) is 0.133. The highest BCUT2D eigenvalue weighted by Crippen LogP contribution is 2.22. The number of halogens is 1. The van der Waals surface area contributed by atoms with E-state index < -0.39 is 0 Å². The molecule has 0 spiro atoms. The molecule has 3 aromatic rings. The van der Waals surface area contributed by atoms with Crippen LogP contribution in [0.25, 0.3) is 0 Å². The number of carbonyl (C=O) groups is 1. The number of amides is 1. The summed E-state index contributed by atoms with van der Waals surface area (Å²) < 4.78 is 14.7. The van der Waals surface area contributed by atoms with E-state index in [9.17, 15) is 9.18 Å². The fourth-order valence-corrected chi connectivity index (χ4v) is 2.84. The van der Waals surface area contributed by atoms with E-state index in [0.717, 1.165) is 10.4 Å². The summed E-state index contributed by atoms with van der Waals surface area (Å²) in [5.74, 6) is -0.508. The first-order chi connectivity index (χ1) is 10.6. The van der Waals surface area contributed by atoms with Gasteiger partial charge < -0.3 is 0 Å². The number of thiazole rings is 1. The molecule has 1 N–H and O–H groups in total. The van der Waals surface area contributed by atoms with E-state index in [1.807, 2.05) is 6.07 Å². The van der Waals surface area contributed by atoms with Gasteiger partial charge in [-0.1, -0.05) is 12.1 Å². The molecule has 0 aliphatic heterocycles. The Kier molecular flexibility index (Phi) is 3.97. The Hall–Kier alpha value is -2.54. The van der Waals surface area contributed by atoms with Gasteiger partial charge in [-0.2, -0.15) is 5.10 Å². The third kappa shape index (κ3) is 3.37. The Bertz CT molecular complexity index is 811. The second kappa shape index (κ2) is 6.07. The molecule has 0 saturated carbocycles. The molecule has 0 aliphatic rings. The van der Waals surface area contributed by atoms with Crippen molar-refractivity contribution in [1.82, 2.24) is 14.8 Å². The number of nitrogens with one attached hydrogen (secondary N) is 1. The molecule has 0 radical (unpaired) electrons. The smallest absolute Gasteiger partial charge is 0.260 e. The Labute approximate surface area is 130 Å². The maximum atomic E-state index is 13.2. The number of carbonyl (C=O) groups excluding carboxylic acids is 1. The monoisotopic (exact) mass is 316 g/mol. The zero-order valence-electron chi connectivity index (χ0n) is 11.8. The topological polar surface area (TPSA) is 59.8 Å². The van der Waals surface area contributed by atoms with Crippen LogP contribution in [0.1, 0.15) is 20.8 Å². The van der Waals surface area contributed by atoms with Gasteiger partial charge in [0.1, 0.15) is 5.82 Å². The third-order valence-electron chi connectivity index (χ3n) is 3.01. The van der Waals surface area contributed by atoms with Gasteiger partial charge in [-0.3, -0.25) is 14.8 Å². The van der Waals surface area contributed by atoms with Crippen LogP contribution < -0.4 is 5.32 Å². The van der Waals surface area contributed by atoms with E-state index in [-0.39, 0.29) is 11.7 Å². The summed E-state index contributed by atoms with van der Waals surface area (Å²) in [5.41, 5.74) is 1.35. The molecular weight excluding hydrogens is 303 g/mol. The van der Waals surface area contributed by atoms with Crippen LogP contribution in [0.4, 0.5) is 9.52 Å². The van der Waals surface area contributed by atoms with E-state index in [0.29, 0.717) is 17.1 Å². The Balaban J connectivity index is 1.67. The molecular formula is C15H13FN4OS. The van der Waals surface area contributed by atoms with Gasteiger partial charge >= 0.3 is 0 Å². The van der Waals surface area contributed by atoms with Crippen LogP contribution in [-0.4, -0.2) is 20.7 Å². The van der Waals surface area contributed by atoms with E-state index in [1.54, 1.807) is 30.2 Å². The molecule has 0 atom stereocenters. The summed E-state index contributed by atoms with van der Waals surface area (Å²) in [6.07, 6.45) is 5.40. The lowest BCUT2D eigenvalue weighted by molar-refractivity contribution is 0.102. The van der Waals surface area contributed by atoms with E-state index in [2.05, 4.69) is 15.4 Å². The van der Waals surface area contributed by atoms with Crippen LogP contribution in [0.5, 0.6) is 0 Å². The Morgan fingerprint density at radius 2 is 2.27 bits per heavy atom. The lowest BCUT2D eigenvalue weighted by Crippen LogP contribution is -2.10. The maximum absolute atomic E-state index is 13.2. The number of rotatable bonds is 4. The predicted octanol–water partition coefficient (Wildman–Crippen LogP) is 2.86. The van der Waals surface area contributed by atoms with Gasteiger partial charge in [0.15, 0.2) is 5.13 Å². The molecule has 2 aromatic heterocycles. The lowest BCUT2D eigenvalue weighted by atomic mass is 10.1. The summed E-state index contributed by atoms with van der Waals surface area (Å²) in [6.45, 7) is 0. The minimum atomic E-state index is -0.257. The van der Waals surface area contributed by atoms with Gasteiger partial charge in [-0.05, 0) is 17.7 Å². The second-order valence-electron chi connectivity index (χ2n) is 4.80. The zero-order chi connectivity index (χ0) is 15.5. The van der Waals surface area contributed by atoms with E-state index >= 15 is 0 Å². The molecule has 0 fully saturated rings. The molecule has 0 bridgehead atoms. The van der Waals surface area contributed by atoms with Crippen LogP contribution in [0.3, 0.4) is 0 Å². The number of nitrogens with zero attached hydrogens (tertiary/aromatic N) is 3. The van der Waals surface area contributed by atoms with E-state index in [1.165, 1.54) is 29.7 Å². The van der Waals surface area contributed by atoms with Gasteiger partial charge in [0.05, 0.1) is 11.8 Å². The predicted molar refractivity (Wildman–Crippen MR) is 82.5 cm³/mol. The molecule has 2 heterocycles. The molecule has 1 amide bonds. The quantitative estimate of drug-likeness (QED) is 0.805. The number of hydrogen-bond acceptors (Lipinski definition) is 4. The number of anilines is 1. The van der Waals surface area contributed by atoms with Crippen LogP contribution in [0, 0.1) is 5.82 Å². The first kappa shape index (κ1) is 14.4. The highest BCUT2D eigenvalue weighted by atomic mass is 32.1. The molecule has 7 heteroatoms. The first-order valence-electron chi connectivity index (χ1n) is 6.59. The van der Waals surface area contributed by atoms with Crippen LogP contribution in [0.2, 0.25) is 0 Å². The maximum Gasteiger partial charge on any atom is 0.260 e. The molecule has 22 heavy (non-hydrogen) atoms. The van der Waals surface area contributed by atoms with Crippen molar-refractivity contribution in [2.45, 2.75) is 6.42 Å². The fourth-order valence-electron chi connectivity index (χ4n) is 2.00. The van der Waals surface area contributed by atoms with Crippen molar-refractivity contribution in [2.75, 3.05) is 5.32 Å². The van der Waals surface area contributed by atoms with Crippen molar-refractivity contribution in [1.29, 1.82) is 0 Å². The molecule has 1 aromatic carbocycles. The normalized spacial score (nSPS) is 10.6. The second-order valence-corrected chi connectivity index (χ2v) is 5.91. The minimum Gasteiger partial charge on any atom is -0.298 e. The number of aryl methyl sites for hydroxylation is 1. The van der Waals surface area contributed by atoms with Gasteiger partial charge in [0.25, 0.3) is 5.91 Å². The molecule has 0 aliphatic carbocycles. The van der Waals surface area contributed by atoms with Crippen molar-refractivity contribution in [3.8, 4) is 0 Å². The summed E-state index contributed by atoms with van der Waals surface area (Å²) in [4.78, 5) is 17.1. The number of benzene rings is 1. The third-order valence-corrected chi connectivity index (χ3v) is 3.92. The average Bonchev–Trinajstić information content (AvgIpc) is 3.08. The highest BCUT2D eigenvalue weighted by molar-refractivity contribution is 7.15. The molecule has 5 nitrogen and oxygen atoms in total. The lowest BCUT2D eigenvalue weighted by Gasteiger charge is -1.99. The number of aromatic nitrogens is 3. The first-order valence-corrected chi connectivity index (χ1v) is 7.41. The van der Waals surface area contributed by atoms with Crippen molar-refractivity contribution in [2.24, 2.45) is 7.05 Å². The Morgan fingerprint density at radius 3 is 3.00 bits per heavy atom. The van der Waals surface area contributed by atoms with Gasteiger partial charge in [0, 0.05) is 30.7 Å². The summed E-state index contributed by atoms with van der Waals surface area (Å²) in [7, 11) is 1.75. The van der Waals surface area contributed by atoms with Gasteiger partial charge in [-0.25, -0.2) is 9.37 Å². The van der Waals surface area contributed by atoms with Crippen molar-refractivity contribution in [3.05, 3.63) is 64.7 Å². The zero-order valence-corrected chi connectivity index (χ0v) is 12.6.